The largest absolute Gasteiger partial charge is 0.408 e. The maximum absolute atomic E-state index is 12.9. The van der Waals surface area contributed by atoms with Crippen LogP contribution in [-0.4, -0.2) is 28.0 Å². The smallest absolute Gasteiger partial charge is 0.317 e. The van der Waals surface area contributed by atoms with Gasteiger partial charge in [-0.15, -0.1) is 5.10 Å². The highest BCUT2D eigenvalue weighted by molar-refractivity contribution is 6.19. The van der Waals surface area contributed by atoms with Crippen molar-refractivity contribution >= 4 is 23.3 Å². The quantitative estimate of drug-likeness (QED) is 0.683. The van der Waals surface area contributed by atoms with Crippen molar-refractivity contribution < 1.29 is 9.21 Å². The van der Waals surface area contributed by atoms with Crippen LogP contribution in [0, 0.1) is 5.41 Å². The van der Waals surface area contributed by atoms with Crippen LogP contribution in [-0.2, 0) is 4.79 Å². The molecule has 1 aliphatic carbocycles. The molecule has 1 atom stereocenters. The zero-order valence-corrected chi connectivity index (χ0v) is 16.9. The standard InChI is InChI=1S/C23H23N5O2/c1-23(2)12-15(13-23)21-27-28-22(30-21)26-19-20(29)24-17-11-7-6-10-16(17)18(25-19)14-8-4-3-5-9-14/h3-11,15,19H,12-13H2,1-2H3,(H,24,29)(H,26,28)/t19-/m1/s1. The number of hydrogen-bond acceptors (Lipinski definition) is 6. The summed E-state index contributed by atoms with van der Waals surface area (Å²) in [7, 11) is 0. The summed E-state index contributed by atoms with van der Waals surface area (Å²) >= 11 is 0. The van der Waals surface area contributed by atoms with Crippen LogP contribution >= 0.6 is 0 Å². The lowest BCUT2D eigenvalue weighted by molar-refractivity contribution is -0.116. The molecule has 5 rings (SSSR count). The summed E-state index contributed by atoms with van der Waals surface area (Å²) in [5.74, 6) is 0.609. The molecular weight excluding hydrogens is 378 g/mol. The molecule has 2 aromatic carbocycles. The molecule has 0 spiro atoms. The van der Waals surface area contributed by atoms with Crippen LogP contribution in [0.2, 0.25) is 0 Å². The van der Waals surface area contributed by atoms with Gasteiger partial charge in [0.15, 0.2) is 0 Å². The molecule has 7 nitrogen and oxygen atoms in total. The highest BCUT2D eigenvalue weighted by Crippen LogP contribution is 2.50. The number of benzene rings is 2. The van der Waals surface area contributed by atoms with Crippen LogP contribution in [0.15, 0.2) is 64.0 Å². The number of amides is 1. The van der Waals surface area contributed by atoms with Crippen LogP contribution in [0.5, 0.6) is 0 Å². The molecule has 1 aliphatic heterocycles. The Hall–Kier alpha value is -3.48. The Balaban J connectivity index is 1.45. The third kappa shape index (κ3) is 3.47. The normalized spacial score (nSPS) is 20.4. The first-order valence-electron chi connectivity index (χ1n) is 10.1. The molecule has 1 aromatic heterocycles. The molecule has 1 amide bonds. The maximum Gasteiger partial charge on any atom is 0.317 e. The molecule has 2 heterocycles. The highest BCUT2D eigenvalue weighted by atomic mass is 16.4. The number of anilines is 2. The minimum absolute atomic E-state index is 0.206. The number of nitrogens with zero attached hydrogens (tertiary/aromatic N) is 3. The molecular formula is C23H23N5O2. The third-order valence-corrected chi connectivity index (χ3v) is 5.64. The molecule has 7 heteroatoms. The van der Waals surface area contributed by atoms with Crippen LogP contribution < -0.4 is 10.6 Å². The van der Waals surface area contributed by atoms with E-state index >= 15 is 0 Å². The van der Waals surface area contributed by atoms with E-state index in [0.29, 0.717) is 11.3 Å². The fourth-order valence-electron chi connectivity index (χ4n) is 4.20. The van der Waals surface area contributed by atoms with E-state index in [1.165, 1.54) is 0 Å². The first kappa shape index (κ1) is 18.5. The predicted octanol–water partition coefficient (Wildman–Crippen LogP) is 4.20. The fraction of sp³-hybridized carbons (Fsp3) is 0.304. The summed E-state index contributed by atoms with van der Waals surface area (Å²) < 4.78 is 5.81. The van der Waals surface area contributed by atoms with E-state index in [2.05, 4.69) is 34.7 Å². The molecule has 0 saturated heterocycles. The van der Waals surface area contributed by atoms with Crippen molar-refractivity contribution in [3.05, 3.63) is 71.6 Å². The summed E-state index contributed by atoms with van der Waals surface area (Å²) in [5.41, 5.74) is 3.55. The zero-order valence-electron chi connectivity index (χ0n) is 16.9. The molecule has 1 fully saturated rings. The Bertz CT molecular complexity index is 1110. The number of para-hydroxylation sites is 1. The maximum atomic E-state index is 12.9. The first-order valence-corrected chi connectivity index (χ1v) is 10.1. The lowest BCUT2D eigenvalue weighted by atomic mass is 9.64. The van der Waals surface area contributed by atoms with Gasteiger partial charge in [-0.1, -0.05) is 67.5 Å². The molecule has 3 aromatic rings. The van der Waals surface area contributed by atoms with Gasteiger partial charge in [0.25, 0.3) is 5.91 Å². The number of nitrogens with one attached hydrogen (secondary N) is 2. The molecule has 1 saturated carbocycles. The van der Waals surface area contributed by atoms with Crippen LogP contribution in [0.25, 0.3) is 0 Å². The number of rotatable bonds is 4. The first-order chi connectivity index (χ1) is 14.5. The SMILES string of the molecule is CC1(C)CC(c2nnc(N[C@H]3N=C(c4ccccc4)c4ccccc4NC3=O)o2)C1. The minimum Gasteiger partial charge on any atom is -0.408 e. The summed E-state index contributed by atoms with van der Waals surface area (Å²) in [6.07, 6.45) is 1.15. The van der Waals surface area contributed by atoms with Crippen molar-refractivity contribution in [2.75, 3.05) is 10.6 Å². The Kier molecular flexibility index (Phi) is 4.38. The van der Waals surface area contributed by atoms with Gasteiger partial charge in [0.1, 0.15) is 0 Å². The Morgan fingerprint density at radius 3 is 2.53 bits per heavy atom. The van der Waals surface area contributed by atoms with E-state index in [1.54, 1.807) is 0 Å². The van der Waals surface area contributed by atoms with Gasteiger partial charge in [-0.2, -0.15) is 0 Å². The number of fused-ring (bicyclic) bond motifs is 1. The van der Waals surface area contributed by atoms with Gasteiger partial charge in [-0.25, -0.2) is 4.99 Å². The van der Waals surface area contributed by atoms with E-state index in [4.69, 9.17) is 9.41 Å². The minimum atomic E-state index is -0.890. The van der Waals surface area contributed by atoms with Crippen molar-refractivity contribution in [3.63, 3.8) is 0 Å². The van der Waals surface area contributed by atoms with Crippen molar-refractivity contribution in [1.82, 2.24) is 10.2 Å². The van der Waals surface area contributed by atoms with E-state index in [-0.39, 0.29) is 17.8 Å². The molecule has 2 aliphatic rings. The van der Waals surface area contributed by atoms with Crippen LogP contribution in [0.4, 0.5) is 11.7 Å². The lowest BCUT2D eigenvalue weighted by Crippen LogP contribution is -2.32. The van der Waals surface area contributed by atoms with Crippen molar-refractivity contribution in [2.45, 2.75) is 38.8 Å². The molecule has 2 N–H and O–H groups in total. The average Bonchev–Trinajstić information content (AvgIpc) is 3.13. The Labute approximate surface area is 174 Å². The Morgan fingerprint density at radius 1 is 1.03 bits per heavy atom. The van der Waals surface area contributed by atoms with Gasteiger partial charge < -0.3 is 15.1 Å². The fourth-order valence-corrected chi connectivity index (χ4v) is 4.20. The van der Waals surface area contributed by atoms with Crippen molar-refractivity contribution in [2.24, 2.45) is 10.4 Å². The number of carbonyl (C=O) groups excluding carboxylic acids is 1. The van der Waals surface area contributed by atoms with Crippen LogP contribution in [0.3, 0.4) is 0 Å². The van der Waals surface area contributed by atoms with Crippen molar-refractivity contribution in [3.8, 4) is 0 Å². The van der Waals surface area contributed by atoms with Gasteiger partial charge >= 0.3 is 6.01 Å². The second-order valence-electron chi connectivity index (χ2n) is 8.64. The highest BCUT2D eigenvalue weighted by Gasteiger charge is 2.40. The summed E-state index contributed by atoms with van der Waals surface area (Å²) in [6.45, 7) is 4.46. The van der Waals surface area contributed by atoms with Gasteiger partial charge in [0.05, 0.1) is 11.4 Å². The van der Waals surface area contributed by atoms with E-state index < -0.39 is 6.17 Å². The summed E-state index contributed by atoms with van der Waals surface area (Å²) in [6, 6.07) is 17.7. The zero-order chi connectivity index (χ0) is 20.7. The number of aliphatic imine (C=N–C) groups is 1. The van der Waals surface area contributed by atoms with Crippen molar-refractivity contribution in [1.29, 1.82) is 0 Å². The number of aromatic nitrogens is 2. The molecule has 0 radical (unpaired) electrons. The number of benzodiazepines with no additional fused rings is 1. The topological polar surface area (TPSA) is 92.4 Å². The number of hydrogen-bond donors (Lipinski definition) is 2. The van der Waals surface area contributed by atoms with E-state index in [9.17, 15) is 4.79 Å². The summed E-state index contributed by atoms with van der Waals surface area (Å²) in [4.78, 5) is 17.6. The third-order valence-electron chi connectivity index (χ3n) is 5.64. The second kappa shape index (κ2) is 7.09. The summed E-state index contributed by atoms with van der Waals surface area (Å²) in [5, 5.41) is 14.2. The van der Waals surface area contributed by atoms with Gasteiger partial charge in [0, 0.05) is 17.0 Å². The van der Waals surface area contributed by atoms with Gasteiger partial charge in [-0.3, -0.25) is 4.79 Å². The monoisotopic (exact) mass is 401 g/mol. The molecule has 0 unspecified atom stereocenters. The second-order valence-corrected chi connectivity index (χ2v) is 8.64. The van der Waals surface area contributed by atoms with Gasteiger partial charge in [-0.05, 0) is 24.3 Å². The average molecular weight is 401 g/mol. The van der Waals surface area contributed by atoms with E-state index in [1.807, 2.05) is 54.6 Å². The molecule has 0 bridgehead atoms. The molecule has 152 valence electrons. The van der Waals surface area contributed by atoms with E-state index in [0.717, 1.165) is 35.4 Å². The van der Waals surface area contributed by atoms with Gasteiger partial charge in [0.2, 0.25) is 12.1 Å². The predicted molar refractivity (Wildman–Crippen MR) is 115 cm³/mol. The molecule has 30 heavy (non-hydrogen) atoms. The number of carbonyl (C=O) groups is 1. The Morgan fingerprint density at radius 2 is 1.77 bits per heavy atom. The van der Waals surface area contributed by atoms with Crippen LogP contribution in [0.1, 0.15) is 49.6 Å². The lowest BCUT2D eigenvalue weighted by Gasteiger charge is -2.40.